The Kier molecular flexibility index (Phi) is 2.43. The van der Waals surface area contributed by atoms with Crippen LogP contribution in [-0.2, 0) is 4.74 Å². The molecule has 3 fully saturated rings. The number of aliphatic hydroxyl groups is 1. The largest absolute Gasteiger partial charge is 0.389 e. The van der Waals surface area contributed by atoms with Crippen LogP contribution in [0.1, 0.15) is 52.4 Å². The van der Waals surface area contributed by atoms with Crippen molar-refractivity contribution in [1.82, 2.24) is 0 Å². The Morgan fingerprint density at radius 3 is 2.47 bits per heavy atom. The Bertz CT molecular complexity index is 330. The molecule has 0 amide bonds. The quantitative estimate of drug-likeness (QED) is 0.773. The zero-order valence-electron chi connectivity index (χ0n) is 11.0. The minimum absolute atomic E-state index is 0.163. The average Bonchev–Trinajstić information content (AvgIpc) is 2.91. The van der Waals surface area contributed by atoms with Gasteiger partial charge in [-0.1, -0.05) is 13.8 Å². The molecular weight excluding hydrogens is 214 g/mol. The van der Waals surface area contributed by atoms with Crippen molar-refractivity contribution in [2.45, 2.75) is 70.2 Å². The van der Waals surface area contributed by atoms with Crippen molar-refractivity contribution in [2.75, 3.05) is 6.54 Å². The molecule has 0 spiro atoms. The van der Waals surface area contributed by atoms with Crippen LogP contribution in [-0.4, -0.2) is 29.5 Å². The normalized spacial score (nSPS) is 52.2. The second-order valence-electron chi connectivity index (χ2n) is 7.26. The van der Waals surface area contributed by atoms with Gasteiger partial charge in [-0.25, -0.2) is 0 Å². The van der Waals surface area contributed by atoms with E-state index in [4.69, 9.17) is 10.5 Å². The highest BCUT2D eigenvalue weighted by atomic mass is 16.5. The molecule has 1 saturated carbocycles. The van der Waals surface area contributed by atoms with Crippen LogP contribution in [0.5, 0.6) is 0 Å². The zero-order chi connectivity index (χ0) is 12.3. The van der Waals surface area contributed by atoms with Gasteiger partial charge in [0, 0.05) is 12.0 Å². The van der Waals surface area contributed by atoms with E-state index in [-0.39, 0.29) is 16.9 Å². The topological polar surface area (TPSA) is 55.5 Å². The molecular formula is C14H25NO2. The molecule has 3 nitrogen and oxygen atoms in total. The Hall–Kier alpha value is -0.120. The van der Waals surface area contributed by atoms with Gasteiger partial charge in [0.15, 0.2) is 0 Å². The molecule has 4 atom stereocenters. The first-order chi connectivity index (χ1) is 7.91. The highest BCUT2D eigenvalue weighted by Gasteiger charge is 2.64. The standard InChI is InChI=1S/C14H25NO2/c1-12(2)5-6-14(16,8-12)13(9-15)7-10-3-4-11(13)17-10/h10-11,16H,3-9,15H2,1-2H3. The molecule has 2 heterocycles. The zero-order valence-corrected chi connectivity index (χ0v) is 11.0. The van der Waals surface area contributed by atoms with Crippen molar-refractivity contribution in [2.24, 2.45) is 16.6 Å². The van der Waals surface area contributed by atoms with Crippen LogP contribution in [0.15, 0.2) is 0 Å². The van der Waals surface area contributed by atoms with E-state index in [9.17, 15) is 5.11 Å². The maximum absolute atomic E-state index is 11.1. The summed E-state index contributed by atoms with van der Waals surface area (Å²) >= 11 is 0. The molecule has 1 aliphatic carbocycles. The number of nitrogens with two attached hydrogens (primary N) is 1. The molecule has 3 aliphatic rings. The summed E-state index contributed by atoms with van der Waals surface area (Å²) in [6.07, 6.45) is 6.65. The monoisotopic (exact) mass is 239 g/mol. The van der Waals surface area contributed by atoms with E-state index < -0.39 is 5.60 Å². The van der Waals surface area contributed by atoms with Gasteiger partial charge in [0.2, 0.25) is 0 Å². The minimum atomic E-state index is -0.592. The number of hydrogen-bond acceptors (Lipinski definition) is 3. The van der Waals surface area contributed by atoms with Crippen LogP contribution in [0.2, 0.25) is 0 Å². The fourth-order valence-corrected chi connectivity index (χ4v) is 4.63. The first-order valence-corrected chi connectivity index (χ1v) is 6.99. The number of rotatable bonds is 2. The molecule has 0 radical (unpaired) electrons. The predicted molar refractivity (Wildman–Crippen MR) is 66.6 cm³/mol. The molecule has 17 heavy (non-hydrogen) atoms. The minimum Gasteiger partial charge on any atom is -0.389 e. The van der Waals surface area contributed by atoms with Gasteiger partial charge in [-0.15, -0.1) is 0 Å². The molecule has 3 heteroatoms. The first-order valence-electron chi connectivity index (χ1n) is 6.99. The van der Waals surface area contributed by atoms with E-state index in [1.165, 1.54) is 0 Å². The molecule has 4 unspecified atom stereocenters. The van der Waals surface area contributed by atoms with Crippen LogP contribution >= 0.6 is 0 Å². The highest BCUT2D eigenvalue weighted by Crippen LogP contribution is 2.60. The summed E-state index contributed by atoms with van der Waals surface area (Å²) in [4.78, 5) is 0. The molecule has 2 aliphatic heterocycles. The molecule has 3 rings (SSSR count). The van der Waals surface area contributed by atoms with Crippen molar-refractivity contribution >= 4 is 0 Å². The molecule has 0 aromatic heterocycles. The summed E-state index contributed by atoms with van der Waals surface area (Å²) in [6, 6.07) is 0. The summed E-state index contributed by atoms with van der Waals surface area (Å²) in [5.74, 6) is 0. The molecule has 3 N–H and O–H groups in total. The van der Waals surface area contributed by atoms with E-state index in [0.29, 0.717) is 12.6 Å². The van der Waals surface area contributed by atoms with Crippen molar-refractivity contribution in [3.63, 3.8) is 0 Å². The van der Waals surface area contributed by atoms with E-state index >= 15 is 0 Å². The van der Waals surface area contributed by atoms with Crippen LogP contribution in [0.3, 0.4) is 0 Å². The van der Waals surface area contributed by atoms with Gasteiger partial charge in [0.25, 0.3) is 0 Å². The maximum atomic E-state index is 11.1. The number of ether oxygens (including phenoxy) is 1. The average molecular weight is 239 g/mol. The van der Waals surface area contributed by atoms with E-state index in [1.54, 1.807) is 0 Å². The summed E-state index contributed by atoms with van der Waals surface area (Å²) in [5.41, 5.74) is 5.56. The van der Waals surface area contributed by atoms with Gasteiger partial charge < -0.3 is 15.6 Å². The lowest BCUT2D eigenvalue weighted by Crippen LogP contribution is -2.56. The molecule has 2 saturated heterocycles. The summed E-state index contributed by atoms with van der Waals surface area (Å²) in [5, 5.41) is 11.1. The summed E-state index contributed by atoms with van der Waals surface area (Å²) < 4.78 is 5.98. The highest BCUT2D eigenvalue weighted by molar-refractivity contribution is 5.14. The molecule has 0 aromatic carbocycles. The second-order valence-corrected chi connectivity index (χ2v) is 7.26. The number of hydrogen-bond donors (Lipinski definition) is 2. The van der Waals surface area contributed by atoms with Gasteiger partial charge in [0.1, 0.15) is 0 Å². The molecule has 2 bridgehead atoms. The Morgan fingerprint density at radius 2 is 2.06 bits per heavy atom. The van der Waals surface area contributed by atoms with Crippen molar-refractivity contribution < 1.29 is 9.84 Å². The van der Waals surface area contributed by atoms with Gasteiger partial charge >= 0.3 is 0 Å². The van der Waals surface area contributed by atoms with E-state index in [2.05, 4.69) is 13.8 Å². The first kappa shape index (κ1) is 11.9. The smallest absolute Gasteiger partial charge is 0.0746 e. The number of fused-ring (bicyclic) bond motifs is 2. The van der Waals surface area contributed by atoms with Gasteiger partial charge in [0.05, 0.1) is 17.8 Å². The molecule has 0 aromatic rings. The van der Waals surface area contributed by atoms with Crippen LogP contribution < -0.4 is 5.73 Å². The Balaban J connectivity index is 1.91. The second kappa shape index (κ2) is 3.46. The Labute approximate surface area is 104 Å². The lowest BCUT2D eigenvalue weighted by Gasteiger charge is -2.46. The van der Waals surface area contributed by atoms with Gasteiger partial charge in [-0.2, -0.15) is 0 Å². The van der Waals surface area contributed by atoms with E-state index in [0.717, 1.165) is 38.5 Å². The van der Waals surface area contributed by atoms with Crippen LogP contribution in [0.4, 0.5) is 0 Å². The lowest BCUT2D eigenvalue weighted by atomic mass is 9.61. The SMILES string of the molecule is CC1(C)CCC(O)(C2(CN)CC3CCC2O3)C1. The summed E-state index contributed by atoms with van der Waals surface area (Å²) in [6.45, 7) is 5.08. The fourth-order valence-electron chi connectivity index (χ4n) is 4.63. The van der Waals surface area contributed by atoms with Crippen LogP contribution in [0.25, 0.3) is 0 Å². The van der Waals surface area contributed by atoms with E-state index in [1.807, 2.05) is 0 Å². The maximum Gasteiger partial charge on any atom is 0.0746 e. The summed E-state index contributed by atoms with van der Waals surface area (Å²) in [7, 11) is 0. The van der Waals surface area contributed by atoms with Gasteiger partial charge in [-0.3, -0.25) is 0 Å². The third-order valence-electron chi connectivity index (χ3n) is 5.59. The van der Waals surface area contributed by atoms with Crippen LogP contribution in [0, 0.1) is 10.8 Å². The lowest BCUT2D eigenvalue weighted by molar-refractivity contribution is -0.111. The van der Waals surface area contributed by atoms with Crippen molar-refractivity contribution in [3.8, 4) is 0 Å². The molecule has 98 valence electrons. The van der Waals surface area contributed by atoms with Crippen molar-refractivity contribution in [3.05, 3.63) is 0 Å². The fraction of sp³-hybridized carbons (Fsp3) is 1.00. The third-order valence-corrected chi connectivity index (χ3v) is 5.59. The van der Waals surface area contributed by atoms with Gasteiger partial charge in [-0.05, 0) is 43.9 Å². The van der Waals surface area contributed by atoms with Crippen molar-refractivity contribution in [1.29, 1.82) is 0 Å². The third kappa shape index (κ3) is 1.52. The Morgan fingerprint density at radius 1 is 1.29 bits per heavy atom. The predicted octanol–water partition coefficient (Wildman–Crippen LogP) is 1.82.